The van der Waals surface area contributed by atoms with Gasteiger partial charge in [0.2, 0.25) is 0 Å². The fourth-order valence-corrected chi connectivity index (χ4v) is 3.09. The third-order valence-corrected chi connectivity index (χ3v) is 4.44. The Balaban J connectivity index is 2.64. The van der Waals surface area contributed by atoms with Gasteiger partial charge >= 0.3 is 10.1 Å². The molecule has 0 saturated carbocycles. The molecule has 2 rings (SSSR count). The largest absolute Gasteiger partial charge is 0.375 e. The Hall–Kier alpha value is -1.15. The lowest BCUT2D eigenvalue weighted by Gasteiger charge is -1.99. The van der Waals surface area contributed by atoms with Crippen LogP contribution in [0.2, 0.25) is 5.02 Å². The molecule has 1 aromatic carbocycles. The van der Waals surface area contributed by atoms with E-state index < -0.39 is 10.1 Å². The number of anilines is 1. The van der Waals surface area contributed by atoms with Crippen LogP contribution in [0.1, 0.15) is 0 Å². The van der Waals surface area contributed by atoms with Gasteiger partial charge in [0.25, 0.3) is 0 Å². The van der Waals surface area contributed by atoms with Gasteiger partial charge in [0.05, 0.1) is 0 Å². The van der Waals surface area contributed by atoms with E-state index in [4.69, 9.17) is 21.9 Å². The second-order valence-electron chi connectivity index (χ2n) is 3.17. The standard InChI is InChI=1S/C9H7ClN2O3S2/c10-6-3-1-5(2-4-6)7-8(17(13,14)15)16-9(11)12-7/h1-4H,(H2,11,12)(H,13,14,15). The summed E-state index contributed by atoms with van der Waals surface area (Å²) in [5.74, 6) is 0. The molecule has 2 aromatic rings. The fourth-order valence-electron chi connectivity index (χ4n) is 1.29. The van der Waals surface area contributed by atoms with Gasteiger partial charge in [-0.25, -0.2) is 4.98 Å². The number of halogens is 1. The van der Waals surface area contributed by atoms with E-state index in [0.717, 1.165) is 0 Å². The molecule has 1 heterocycles. The Morgan fingerprint density at radius 3 is 2.41 bits per heavy atom. The maximum Gasteiger partial charge on any atom is 0.306 e. The van der Waals surface area contributed by atoms with Crippen molar-refractivity contribution in [2.75, 3.05) is 5.73 Å². The van der Waals surface area contributed by atoms with E-state index in [-0.39, 0.29) is 15.0 Å². The Kier molecular flexibility index (Phi) is 3.09. The minimum atomic E-state index is -4.33. The second-order valence-corrected chi connectivity index (χ2v) is 6.25. The Bertz CT molecular complexity index is 649. The summed E-state index contributed by atoms with van der Waals surface area (Å²) in [6.07, 6.45) is 0. The lowest BCUT2D eigenvalue weighted by molar-refractivity contribution is 0.485. The van der Waals surface area contributed by atoms with Crippen molar-refractivity contribution in [1.82, 2.24) is 4.98 Å². The average Bonchev–Trinajstić information content (AvgIpc) is 2.61. The molecule has 5 nitrogen and oxygen atoms in total. The van der Waals surface area contributed by atoms with Gasteiger partial charge in [0.15, 0.2) is 9.34 Å². The first-order valence-electron chi connectivity index (χ1n) is 4.37. The minimum absolute atomic E-state index is 0.0718. The Labute approximate surface area is 107 Å². The van der Waals surface area contributed by atoms with Gasteiger partial charge in [-0.1, -0.05) is 35.1 Å². The Morgan fingerprint density at radius 1 is 1.29 bits per heavy atom. The van der Waals surface area contributed by atoms with E-state index in [0.29, 0.717) is 21.9 Å². The lowest BCUT2D eigenvalue weighted by atomic mass is 10.2. The zero-order valence-electron chi connectivity index (χ0n) is 8.29. The summed E-state index contributed by atoms with van der Waals surface area (Å²) in [5.41, 5.74) is 6.10. The number of aromatic nitrogens is 1. The summed E-state index contributed by atoms with van der Waals surface area (Å²) in [5, 5.41) is 0.591. The number of benzene rings is 1. The first-order valence-corrected chi connectivity index (χ1v) is 7.01. The first-order chi connectivity index (χ1) is 7.88. The summed E-state index contributed by atoms with van der Waals surface area (Å²) in [6, 6.07) is 6.40. The maximum absolute atomic E-state index is 11.2. The van der Waals surface area contributed by atoms with Gasteiger partial charge in [-0.3, -0.25) is 4.55 Å². The number of nitrogen functional groups attached to an aromatic ring is 1. The molecule has 0 atom stereocenters. The average molecular weight is 291 g/mol. The number of thiazole rings is 1. The fraction of sp³-hybridized carbons (Fsp3) is 0. The smallest absolute Gasteiger partial charge is 0.306 e. The highest BCUT2D eigenvalue weighted by atomic mass is 35.5. The van der Waals surface area contributed by atoms with Crippen molar-refractivity contribution in [2.24, 2.45) is 0 Å². The van der Waals surface area contributed by atoms with Crippen LogP contribution in [-0.4, -0.2) is 18.0 Å². The number of hydrogen-bond acceptors (Lipinski definition) is 5. The SMILES string of the molecule is Nc1nc(-c2ccc(Cl)cc2)c(S(=O)(=O)O)s1. The summed E-state index contributed by atoms with van der Waals surface area (Å²) < 4.78 is 31.1. The van der Waals surface area contributed by atoms with Gasteiger partial charge in [0, 0.05) is 10.6 Å². The molecule has 0 aliphatic heterocycles. The number of rotatable bonds is 2. The van der Waals surface area contributed by atoms with Crippen LogP contribution in [-0.2, 0) is 10.1 Å². The molecular weight excluding hydrogens is 284 g/mol. The highest BCUT2D eigenvalue weighted by Crippen LogP contribution is 2.33. The van der Waals surface area contributed by atoms with Gasteiger partial charge in [-0.05, 0) is 12.1 Å². The molecule has 90 valence electrons. The van der Waals surface area contributed by atoms with Gasteiger partial charge in [-0.15, -0.1) is 0 Å². The molecule has 0 spiro atoms. The second kappa shape index (κ2) is 4.26. The molecule has 0 aliphatic carbocycles. The van der Waals surface area contributed by atoms with E-state index >= 15 is 0 Å². The van der Waals surface area contributed by atoms with Crippen molar-refractivity contribution in [2.45, 2.75) is 4.21 Å². The molecule has 0 radical (unpaired) electrons. The third kappa shape index (κ3) is 2.58. The van der Waals surface area contributed by atoms with E-state index in [1.807, 2.05) is 0 Å². The zero-order chi connectivity index (χ0) is 12.6. The number of nitrogens with zero attached hydrogens (tertiary/aromatic N) is 1. The molecule has 17 heavy (non-hydrogen) atoms. The van der Waals surface area contributed by atoms with E-state index in [2.05, 4.69) is 4.98 Å². The summed E-state index contributed by atoms with van der Waals surface area (Å²) in [7, 11) is -4.33. The van der Waals surface area contributed by atoms with Gasteiger partial charge < -0.3 is 5.73 Å². The van der Waals surface area contributed by atoms with Crippen LogP contribution < -0.4 is 5.73 Å². The van der Waals surface area contributed by atoms with Crippen molar-refractivity contribution in [3.63, 3.8) is 0 Å². The molecule has 3 N–H and O–H groups in total. The van der Waals surface area contributed by atoms with Crippen LogP contribution in [0.15, 0.2) is 28.5 Å². The number of hydrogen-bond donors (Lipinski definition) is 2. The van der Waals surface area contributed by atoms with E-state index in [1.54, 1.807) is 24.3 Å². The molecule has 1 aromatic heterocycles. The van der Waals surface area contributed by atoms with E-state index in [9.17, 15) is 8.42 Å². The van der Waals surface area contributed by atoms with Crippen molar-refractivity contribution in [3.05, 3.63) is 29.3 Å². The molecule has 8 heteroatoms. The van der Waals surface area contributed by atoms with Crippen LogP contribution >= 0.6 is 22.9 Å². The monoisotopic (exact) mass is 290 g/mol. The summed E-state index contributed by atoms with van der Waals surface area (Å²) in [6.45, 7) is 0. The molecule has 0 unspecified atom stereocenters. The van der Waals surface area contributed by atoms with Gasteiger partial charge in [0.1, 0.15) is 5.69 Å². The van der Waals surface area contributed by atoms with Crippen LogP contribution in [0.25, 0.3) is 11.3 Å². The molecule has 0 saturated heterocycles. The predicted molar refractivity (Wildman–Crippen MR) is 66.8 cm³/mol. The maximum atomic E-state index is 11.2. The van der Waals surface area contributed by atoms with Crippen LogP contribution in [0.5, 0.6) is 0 Å². The van der Waals surface area contributed by atoms with Crippen molar-refractivity contribution in [3.8, 4) is 11.3 Å². The normalized spacial score (nSPS) is 11.6. The molecule has 0 bridgehead atoms. The predicted octanol–water partition coefficient (Wildman–Crippen LogP) is 2.29. The minimum Gasteiger partial charge on any atom is -0.375 e. The highest BCUT2D eigenvalue weighted by molar-refractivity contribution is 7.88. The highest BCUT2D eigenvalue weighted by Gasteiger charge is 2.22. The molecule has 0 amide bonds. The quantitative estimate of drug-likeness (QED) is 0.828. The first kappa shape index (κ1) is 12.3. The lowest BCUT2D eigenvalue weighted by Crippen LogP contribution is -1.97. The van der Waals surface area contributed by atoms with Gasteiger partial charge in [-0.2, -0.15) is 8.42 Å². The number of nitrogens with two attached hydrogens (primary N) is 1. The molecule has 0 fully saturated rings. The van der Waals surface area contributed by atoms with Crippen LogP contribution in [0, 0.1) is 0 Å². The van der Waals surface area contributed by atoms with E-state index in [1.165, 1.54) is 0 Å². The molecular formula is C9H7ClN2O3S2. The molecule has 0 aliphatic rings. The summed E-state index contributed by atoms with van der Waals surface area (Å²) >= 11 is 6.44. The zero-order valence-corrected chi connectivity index (χ0v) is 10.7. The third-order valence-electron chi connectivity index (χ3n) is 1.96. The van der Waals surface area contributed by atoms with Crippen molar-refractivity contribution >= 4 is 38.2 Å². The summed E-state index contributed by atoms with van der Waals surface area (Å²) in [4.78, 5) is 3.89. The van der Waals surface area contributed by atoms with Crippen LogP contribution in [0.4, 0.5) is 5.13 Å². The van der Waals surface area contributed by atoms with Crippen LogP contribution in [0.3, 0.4) is 0 Å². The van der Waals surface area contributed by atoms with Crippen molar-refractivity contribution < 1.29 is 13.0 Å². The Morgan fingerprint density at radius 2 is 1.88 bits per heavy atom. The topological polar surface area (TPSA) is 93.3 Å². The van der Waals surface area contributed by atoms with Crippen molar-refractivity contribution in [1.29, 1.82) is 0 Å².